The summed E-state index contributed by atoms with van der Waals surface area (Å²) in [6, 6.07) is 19.6. The molecule has 1 aliphatic rings. The number of hydrogen-bond donors (Lipinski definition) is 0. The van der Waals surface area contributed by atoms with Crippen LogP contribution in [-0.4, -0.2) is 14.4 Å². The maximum atomic E-state index is 13.3. The molecule has 0 radical (unpaired) electrons. The molecule has 2 amide bonds. The highest BCUT2D eigenvalue weighted by atomic mass is 35.5. The number of carbonyl (C=O) groups excluding carboxylic acids is 1. The molecule has 28 heavy (non-hydrogen) atoms. The van der Waals surface area contributed by atoms with E-state index in [0.717, 1.165) is 9.87 Å². The Morgan fingerprint density at radius 2 is 1.46 bits per heavy atom. The van der Waals surface area contributed by atoms with Crippen molar-refractivity contribution in [1.82, 2.24) is 0 Å². The van der Waals surface area contributed by atoms with E-state index >= 15 is 0 Å². The third-order valence-electron chi connectivity index (χ3n) is 4.36. The van der Waals surface area contributed by atoms with Gasteiger partial charge in [-0.1, -0.05) is 71.7 Å². The zero-order chi connectivity index (χ0) is 19.9. The number of anilines is 2. The van der Waals surface area contributed by atoms with E-state index in [0.29, 0.717) is 0 Å². The van der Waals surface area contributed by atoms with Crippen molar-refractivity contribution < 1.29 is 13.2 Å². The fourth-order valence-electron chi connectivity index (χ4n) is 3.14. The van der Waals surface area contributed by atoms with Gasteiger partial charge in [0.25, 0.3) is 10.0 Å². The number of rotatable bonds is 3. The average molecular weight is 433 g/mol. The van der Waals surface area contributed by atoms with Crippen molar-refractivity contribution in [2.24, 2.45) is 0 Å². The highest BCUT2D eigenvalue weighted by Gasteiger charge is 2.44. The Morgan fingerprint density at radius 1 is 0.857 bits per heavy atom. The number of sulfonamides is 1. The van der Waals surface area contributed by atoms with Crippen LogP contribution in [0.15, 0.2) is 77.7 Å². The Morgan fingerprint density at radius 3 is 2.11 bits per heavy atom. The topological polar surface area (TPSA) is 57.7 Å². The first-order chi connectivity index (χ1) is 13.4. The van der Waals surface area contributed by atoms with E-state index in [-0.39, 0.29) is 32.9 Å². The van der Waals surface area contributed by atoms with Gasteiger partial charge in [-0.2, -0.15) is 4.31 Å². The first kappa shape index (κ1) is 18.8. The Balaban J connectivity index is 1.95. The third-order valence-corrected chi connectivity index (χ3v) is 6.78. The number of benzene rings is 3. The van der Waals surface area contributed by atoms with E-state index in [1.165, 1.54) is 17.0 Å². The van der Waals surface area contributed by atoms with Gasteiger partial charge in [0.2, 0.25) is 0 Å². The van der Waals surface area contributed by atoms with E-state index in [4.69, 9.17) is 23.2 Å². The van der Waals surface area contributed by atoms with Gasteiger partial charge < -0.3 is 0 Å². The molecule has 0 saturated carbocycles. The van der Waals surface area contributed by atoms with Crippen LogP contribution in [0.3, 0.4) is 0 Å². The summed E-state index contributed by atoms with van der Waals surface area (Å²) in [5.41, 5.74) is 1.24. The SMILES string of the molecule is O=C1N(Cc2ccccc2)c2cc(Cl)cc(Cl)c2S(=O)(=O)N1c1ccccc1. The highest BCUT2D eigenvalue weighted by molar-refractivity contribution is 7.94. The van der Waals surface area contributed by atoms with Gasteiger partial charge in [-0.3, -0.25) is 4.90 Å². The summed E-state index contributed by atoms with van der Waals surface area (Å²) in [5.74, 6) is 0. The zero-order valence-corrected chi connectivity index (χ0v) is 16.7. The average Bonchev–Trinajstić information content (AvgIpc) is 2.66. The van der Waals surface area contributed by atoms with E-state index in [1.54, 1.807) is 30.3 Å². The van der Waals surface area contributed by atoms with Gasteiger partial charge in [-0.05, 0) is 29.8 Å². The normalized spacial score (nSPS) is 15.4. The van der Waals surface area contributed by atoms with E-state index in [1.807, 2.05) is 30.3 Å². The van der Waals surface area contributed by atoms with Gasteiger partial charge in [0.1, 0.15) is 4.90 Å². The molecule has 3 aromatic rings. The molecular weight excluding hydrogens is 419 g/mol. The Labute approximate surface area is 172 Å². The molecule has 0 aromatic heterocycles. The predicted octanol–water partition coefficient (Wildman–Crippen LogP) is 5.33. The summed E-state index contributed by atoms with van der Waals surface area (Å²) in [7, 11) is -4.21. The molecule has 0 N–H and O–H groups in total. The van der Waals surface area contributed by atoms with Crippen molar-refractivity contribution in [3.05, 3.63) is 88.4 Å². The minimum atomic E-state index is -4.21. The molecule has 0 bridgehead atoms. The molecule has 0 spiro atoms. The minimum Gasteiger partial charge on any atom is -0.287 e. The lowest BCUT2D eigenvalue weighted by molar-refractivity contribution is 0.253. The zero-order valence-electron chi connectivity index (χ0n) is 14.4. The number of amides is 2. The lowest BCUT2D eigenvalue weighted by Crippen LogP contribution is -2.50. The summed E-state index contributed by atoms with van der Waals surface area (Å²) in [4.78, 5) is 14.5. The number of carbonyl (C=O) groups is 1. The van der Waals surface area contributed by atoms with Crippen LogP contribution < -0.4 is 9.21 Å². The molecule has 1 heterocycles. The Hall–Kier alpha value is -2.54. The fourth-order valence-corrected chi connectivity index (χ4v) is 5.54. The first-order valence-corrected chi connectivity index (χ1v) is 10.5. The van der Waals surface area contributed by atoms with E-state index < -0.39 is 16.1 Å². The summed E-state index contributed by atoms with van der Waals surface area (Å²) in [5, 5.41) is 0.215. The number of para-hydroxylation sites is 1. The maximum Gasteiger partial charge on any atom is 0.343 e. The lowest BCUT2D eigenvalue weighted by Gasteiger charge is -2.36. The van der Waals surface area contributed by atoms with E-state index in [9.17, 15) is 13.2 Å². The van der Waals surface area contributed by atoms with Gasteiger partial charge in [-0.15, -0.1) is 0 Å². The molecule has 8 heteroatoms. The van der Waals surface area contributed by atoms with Crippen LogP contribution in [0.4, 0.5) is 16.2 Å². The number of urea groups is 1. The number of nitrogens with zero attached hydrogens (tertiary/aromatic N) is 2. The molecule has 0 aliphatic carbocycles. The minimum absolute atomic E-state index is 0.0333. The van der Waals surface area contributed by atoms with Crippen LogP contribution in [0, 0.1) is 0 Å². The van der Waals surface area contributed by atoms with Crippen LogP contribution in [0.1, 0.15) is 5.56 Å². The van der Waals surface area contributed by atoms with Gasteiger partial charge in [-0.25, -0.2) is 13.2 Å². The second kappa shape index (κ2) is 7.13. The molecule has 0 unspecified atom stereocenters. The van der Waals surface area contributed by atoms with Crippen LogP contribution in [-0.2, 0) is 16.6 Å². The Kier molecular flexibility index (Phi) is 4.79. The van der Waals surface area contributed by atoms with Crippen molar-refractivity contribution in [3.63, 3.8) is 0 Å². The molecule has 3 aromatic carbocycles. The maximum absolute atomic E-state index is 13.3. The van der Waals surface area contributed by atoms with Crippen LogP contribution in [0.5, 0.6) is 0 Å². The third kappa shape index (κ3) is 3.13. The first-order valence-electron chi connectivity index (χ1n) is 8.34. The standard InChI is InChI=1S/C20H14Cl2N2O3S/c21-15-11-17(22)19-18(12-15)23(13-14-7-3-1-4-8-14)20(25)24(28(19,26)27)16-9-5-2-6-10-16/h1-12H,13H2. The van der Waals surface area contributed by atoms with Crippen molar-refractivity contribution >= 4 is 50.6 Å². The van der Waals surface area contributed by atoms with Crippen LogP contribution >= 0.6 is 23.2 Å². The number of hydrogen-bond acceptors (Lipinski definition) is 3. The molecular formula is C20H14Cl2N2O3S. The smallest absolute Gasteiger partial charge is 0.287 e. The van der Waals surface area contributed by atoms with Gasteiger partial charge in [0.15, 0.2) is 0 Å². The second-order valence-electron chi connectivity index (χ2n) is 6.20. The molecule has 142 valence electrons. The summed E-state index contributed by atoms with van der Waals surface area (Å²) in [6.07, 6.45) is 0. The predicted molar refractivity (Wildman–Crippen MR) is 111 cm³/mol. The lowest BCUT2D eigenvalue weighted by atomic mass is 10.2. The van der Waals surface area contributed by atoms with Crippen LogP contribution in [0.2, 0.25) is 10.0 Å². The molecule has 5 nitrogen and oxygen atoms in total. The number of halogens is 2. The van der Waals surface area contributed by atoms with Crippen molar-refractivity contribution in [2.45, 2.75) is 11.4 Å². The summed E-state index contributed by atoms with van der Waals surface area (Å²) in [6.45, 7) is 0.169. The molecule has 0 atom stereocenters. The molecule has 0 fully saturated rings. The quantitative estimate of drug-likeness (QED) is 0.561. The van der Waals surface area contributed by atoms with Crippen molar-refractivity contribution in [3.8, 4) is 0 Å². The van der Waals surface area contributed by atoms with E-state index in [2.05, 4.69) is 0 Å². The highest BCUT2D eigenvalue weighted by Crippen LogP contribution is 2.43. The summed E-state index contributed by atoms with van der Waals surface area (Å²) < 4.78 is 27.4. The van der Waals surface area contributed by atoms with Gasteiger partial charge in [0.05, 0.1) is 22.9 Å². The second-order valence-corrected chi connectivity index (χ2v) is 8.76. The Bertz CT molecular complexity index is 1150. The monoisotopic (exact) mass is 432 g/mol. The number of fused-ring (bicyclic) bond motifs is 1. The molecule has 4 rings (SSSR count). The summed E-state index contributed by atoms with van der Waals surface area (Å²) >= 11 is 12.4. The molecule has 0 saturated heterocycles. The van der Waals surface area contributed by atoms with Gasteiger partial charge in [0, 0.05) is 5.02 Å². The fraction of sp³-hybridized carbons (Fsp3) is 0.0500. The van der Waals surface area contributed by atoms with Crippen molar-refractivity contribution in [2.75, 3.05) is 9.21 Å². The largest absolute Gasteiger partial charge is 0.343 e. The van der Waals surface area contributed by atoms with Gasteiger partial charge >= 0.3 is 6.03 Å². The van der Waals surface area contributed by atoms with Crippen LogP contribution in [0.25, 0.3) is 0 Å². The van der Waals surface area contributed by atoms with Crippen molar-refractivity contribution in [1.29, 1.82) is 0 Å². The molecule has 1 aliphatic heterocycles.